The molecule has 0 aliphatic carbocycles. The number of hydrogen-bond donors (Lipinski definition) is 0. The number of ether oxygens (including phenoxy) is 1. The van der Waals surface area contributed by atoms with Crippen LogP contribution in [0.3, 0.4) is 0 Å². The van der Waals surface area contributed by atoms with Gasteiger partial charge in [0, 0.05) is 17.8 Å². The van der Waals surface area contributed by atoms with E-state index in [0.29, 0.717) is 11.8 Å². The molecule has 3 rings (SSSR count). The molecule has 0 aromatic carbocycles. The molecule has 2 aliphatic rings. The maximum absolute atomic E-state index is 6.33. The van der Waals surface area contributed by atoms with E-state index in [0.717, 1.165) is 36.3 Å². The fraction of sp³-hybridized carbons (Fsp3) is 0.833. The summed E-state index contributed by atoms with van der Waals surface area (Å²) in [6.45, 7) is 13.8. The molecule has 0 N–H and O–H groups in total. The lowest BCUT2D eigenvalue weighted by molar-refractivity contribution is -0.0407. The Balaban J connectivity index is 1.86. The maximum atomic E-state index is 6.33. The van der Waals surface area contributed by atoms with E-state index < -0.39 is 0 Å². The van der Waals surface area contributed by atoms with Crippen molar-refractivity contribution in [2.24, 2.45) is 11.8 Å². The van der Waals surface area contributed by atoms with Crippen molar-refractivity contribution in [3.63, 3.8) is 0 Å². The molecular weight excluding hydrogens is 303 g/mol. The summed E-state index contributed by atoms with van der Waals surface area (Å²) in [5, 5.41) is 4.75. The highest BCUT2D eigenvalue weighted by atomic mass is 16.7. The smallest absolute Gasteiger partial charge is 0.401 e. The molecule has 0 saturated carbocycles. The van der Waals surface area contributed by atoms with Crippen LogP contribution in [0, 0.1) is 25.7 Å². The average molecular weight is 334 g/mol. The van der Waals surface area contributed by atoms with Crippen molar-refractivity contribution in [3.05, 3.63) is 11.4 Å². The molecule has 2 aliphatic heterocycles. The van der Waals surface area contributed by atoms with E-state index >= 15 is 0 Å². The monoisotopic (exact) mass is 334 g/mol. The Morgan fingerprint density at radius 1 is 1.04 bits per heavy atom. The minimum absolute atomic E-state index is 0.0504. The van der Waals surface area contributed by atoms with Crippen LogP contribution in [0.25, 0.3) is 0 Å². The van der Waals surface area contributed by atoms with Gasteiger partial charge in [0.2, 0.25) is 0 Å². The number of nitrogens with zero attached hydrogens (tertiary/aromatic N) is 2. The van der Waals surface area contributed by atoms with Gasteiger partial charge in [0.05, 0.1) is 17.9 Å². The van der Waals surface area contributed by atoms with Gasteiger partial charge in [-0.3, -0.25) is 0 Å². The summed E-state index contributed by atoms with van der Waals surface area (Å²) in [5.74, 6) is 0.861. The standard InChI is InChI=1S/C18H31BN2O3/c1-11(2)17-18(12(3)4)24-19(23-17)16-13(5)20-21(14(16)6)15-9-7-8-10-22-15/h11-12,15,17-18H,7-10H2,1-6H3. The van der Waals surface area contributed by atoms with Crippen LogP contribution in [-0.4, -0.2) is 35.7 Å². The molecule has 3 atom stereocenters. The van der Waals surface area contributed by atoms with Gasteiger partial charge in [0.15, 0.2) is 0 Å². The molecule has 5 nitrogen and oxygen atoms in total. The van der Waals surface area contributed by atoms with Crippen LogP contribution in [0.5, 0.6) is 0 Å². The summed E-state index contributed by atoms with van der Waals surface area (Å²) in [7, 11) is -0.317. The average Bonchev–Trinajstić information content (AvgIpc) is 3.10. The van der Waals surface area contributed by atoms with Crippen LogP contribution in [-0.2, 0) is 14.0 Å². The van der Waals surface area contributed by atoms with Crippen molar-refractivity contribution in [1.82, 2.24) is 9.78 Å². The van der Waals surface area contributed by atoms with Crippen LogP contribution in [0.15, 0.2) is 0 Å². The minimum Gasteiger partial charge on any atom is -0.401 e. The lowest BCUT2D eigenvalue weighted by Gasteiger charge is -2.24. The van der Waals surface area contributed by atoms with Gasteiger partial charge in [-0.25, -0.2) is 4.68 Å². The van der Waals surface area contributed by atoms with Crippen LogP contribution >= 0.6 is 0 Å². The topological polar surface area (TPSA) is 45.5 Å². The Morgan fingerprint density at radius 2 is 1.67 bits per heavy atom. The molecule has 0 radical (unpaired) electrons. The fourth-order valence-electron chi connectivity index (χ4n) is 3.90. The Morgan fingerprint density at radius 3 is 2.17 bits per heavy atom. The normalized spacial score (nSPS) is 28.3. The first-order chi connectivity index (χ1) is 11.4. The van der Waals surface area contributed by atoms with Crippen molar-refractivity contribution in [3.8, 4) is 0 Å². The summed E-state index contributed by atoms with van der Waals surface area (Å²) in [6, 6.07) is 0. The Bertz CT molecular complexity index is 551. The lowest BCUT2D eigenvalue weighted by atomic mass is 9.77. The van der Waals surface area contributed by atoms with Gasteiger partial charge in [-0.2, -0.15) is 5.10 Å². The first-order valence-electron chi connectivity index (χ1n) is 9.38. The Labute approximate surface area is 146 Å². The zero-order valence-corrected chi connectivity index (χ0v) is 15.9. The highest BCUT2D eigenvalue weighted by Gasteiger charge is 2.45. The third-order valence-corrected chi connectivity index (χ3v) is 5.24. The zero-order chi connectivity index (χ0) is 17.4. The summed E-state index contributed by atoms with van der Waals surface area (Å²) >= 11 is 0. The number of aromatic nitrogens is 2. The molecule has 1 aromatic heterocycles. The predicted molar refractivity (Wildman–Crippen MR) is 95.4 cm³/mol. The lowest BCUT2D eigenvalue weighted by Crippen LogP contribution is -2.36. The molecule has 3 heterocycles. The van der Waals surface area contributed by atoms with Crippen LogP contribution in [0.1, 0.15) is 64.6 Å². The van der Waals surface area contributed by atoms with Gasteiger partial charge >= 0.3 is 7.12 Å². The van der Waals surface area contributed by atoms with E-state index in [9.17, 15) is 0 Å². The van der Waals surface area contributed by atoms with E-state index in [-0.39, 0.29) is 25.6 Å². The third-order valence-electron chi connectivity index (χ3n) is 5.24. The largest absolute Gasteiger partial charge is 0.498 e. The second kappa shape index (κ2) is 7.18. The molecule has 2 saturated heterocycles. The highest BCUT2D eigenvalue weighted by Crippen LogP contribution is 2.29. The summed E-state index contributed by atoms with van der Waals surface area (Å²) in [4.78, 5) is 0. The van der Waals surface area contributed by atoms with Gasteiger partial charge in [-0.1, -0.05) is 27.7 Å². The predicted octanol–water partition coefficient (Wildman–Crippen LogP) is 2.99. The minimum atomic E-state index is -0.317. The van der Waals surface area contributed by atoms with Crippen molar-refractivity contribution >= 4 is 12.6 Å². The Hall–Kier alpha value is -0.845. The molecule has 3 unspecified atom stereocenters. The molecule has 134 valence electrons. The van der Waals surface area contributed by atoms with Gasteiger partial charge in [-0.05, 0) is 44.9 Å². The SMILES string of the molecule is Cc1nn(C2CCCCO2)c(C)c1B1OC(C(C)C)C(C(C)C)O1. The zero-order valence-electron chi connectivity index (χ0n) is 15.9. The molecule has 1 aromatic rings. The Kier molecular flexibility index (Phi) is 5.38. The molecule has 0 amide bonds. The van der Waals surface area contributed by atoms with E-state index in [1.165, 1.54) is 6.42 Å². The molecule has 0 spiro atoms. The van der Waals surface area contributed by atoms with Gasteiger partial charge in [0.25, 0.3) is 0 Å². The van der Waals surface area contributed by atoms with E-state index in [1.54, 1.807) is 0 Å². The highest BCUT2D eigenvalue weighted by molar-refractivity contribution is 6.62. The molecule has 2 fully saturated rings. The second-order valence-corrected chi connectivity index (χ2v) is 7.87. The number of aryl methyl sites for hydroxylation is 1. The fourth-order valence-corrected chi connectivity index (χ4v) is 3.90. The summed E-state index contributed by atoms with van der Waals surface area (Å²) in [5.41, 5.74) is 3.17. The van der Waals surface area contributed by atoms with Crippen molar-refractivity contribution in [1.29, 1.82) is 0 Å². The van der Waals surface area contributed by atoms with E-state index in [2.05, 4.69) is 34.6 Å². The van der Waals surface area contributed by atoms with Crippen LogP contribution in [0.2, 0.25) is 0 Å². The quantitative estimate of drug-likeness (QED) is 0.794. The number of rotatable bonds is 4. The number of hydrogen-bond acceptors (Lipinski definition) is 4. The van der Waals surface area contributed by atoms with Gasteiger partial charge < -0.3 is 14.0 Å². The molecule has 6 heteroatoms. The molecule has 0 bridgehead atoms. The second-order valence-electron chi connectivity index (χ2n) is 7.87. The first-order valence-corrected chi connectivity index (χ1v) is 9.38. The van der Waals surface area contributed by atoms with Crippen molar-refractivity contribution in [2.75, 3.05) is 6.61 Å². The van der Waals surface area contributed by atoms with Crippen LogP contribution in [0.4, 0.5) is 0 Å². The van der Waals surface area contributed by atoms with Crippen LogP contribution < -0.4 is 5.46 Å². The third kappa shape index (κ3) is 3.28. The van der Waals surface area contributed by atoms with E-state index in [4.69, 9.17) is 19.1 Å². The van der Waals surface area contributed by atoms with Gasteiger partial charge in [0.1, 0.15) is 6.23 Å². The van der Waals surface area contributed by atoms with Crippen molar-refractivity contribution in [2.45, 2.75) is 79.2 Å². The first kappa shape index (κ1) is 18.0. The van der Waals surface area contributed by atoms with Crippen molar-refractivity contribution < 1.29 is 14.0 Å². The molecule has 24 heavy (non-hydrogen) atoms. The maximum Gasteiger partial charge on any atom is 0.498 e. The summed E-state index contributed by atoms with van der Waals surface area (Å²) < 4.78 is 20.6. The van der Waals surface area contributed by atoms with E-state index in [1.807, 2.05) is 11.6 Å². The van der Waals surface area contributed by atoms with Gasteiger partial charge in [-0.15, -0.1) is 0 Å². The molecular formula is C18H31BN2O3. The summed E-state index contributed by atoms with van der Waals surface area (Å²) in [6.07, 6.45) is 3.67.